The molecule has 9 nitrogen and oxygen atoms in total. The van der Waals surface area contributed by atoms with E-state index in [0.29, 0.717) is 11.4 Å². The number of aryl methyl sites for hydroxylation is 1. The van der Waals surface area contributed by atoms with Gasteiger partial charge >= 0.3 is 0 Å². The maximum atomic E-state index is 12.6. The highest BCUT2D eigenvalue weighted by Gasteiger charge is 2.08. The number of rotatable bonds is 5. The van der Waals surface area contributed by atoms with Crippen molar-refractivity contribution in [2.75, 3.05) is 10.9 Å². The molecule has 3 aromatic carbocycles. The Morgan fingerprint density at radius 1 is 0.867 bits per heavy atom. The van der Waals surface area contributed by atoms with Crippen molar-refractivity contribution in [3.63, 3.8) is 0 Å². The summed E-state index contributed by atoms with van der Waals surface area (Å²) in [5.74, 6) is 0. The fourth-order valence-electron chi connectivity index (χ4n) is 2.55. The topological polar surface area (TPSA) is 137 Å². The van der Waals surface area contributed by atoms with Crippen molar-refractivity contribution in [3.05, 3.63) is 96.9 Å². The molecule has 0 radical (unpaired) electrons. The van der Waals surface area contributed by atoms with E-state index >= 15 is 0 Å². The highest BCUT2D eigenvalue weighted by Crippen LogP contribution is 2.17. The summed E-state index contributed by atoms with van der Waals surface area (Å²) in [6.07, 6.45) is 0. The second kappa shape index (κ2) is 8.39. The highest BCUT2D eigenvalue weighted by atomic mass is 32.2. The van der Waals surface area contributed by atoms with Crippen LogP contribution in [-0.2, 0) is 10.1 Å². The molecule has 0 spiro atoms. The van der Waals surface area contributed by atoms with Crippen molar-refractivity contribution in [2.45, 2.75) is 18.7 Å². The van der Waals surface area contributed by atoms with Crippen molar-refractivity contribution in [2.24, 2.45) is 10.2 Å². The summed E-state index contributed by atoms with van der Waals surface area (Å²) in [6, 6.07) is 13.1. The van der Waals surface area contributed by atoms with Gasteiger partial charge in [0.15, 0.2) is 5.36 Å². The summed E-state index contributed by atoms with van der Waals surface area (Å²) in [4.78, 5) is 24.4. The zero-order chi connectivity index (χ0) is 21.9. The molecule has 0 aliphatic heterocycles. The quantitative estimate of drug-likeness (QED) is 0.409. The maximum absolute atomic E-state index is 12.6. The molecule has 0 atom stereocenters. The number of hydrogen-bond donors (Lipinski definition) is 3. The molecule has 0 saturated heterocycles. The zero-order valence-corrected chi connectivity index (χ0v) is 16.9. The molecule has 30 heavy (non-hydrogen) atoms. The number of hydrogen-bond acceptors (Lipinski definition) is 8. The van der Waals surface area contributed by atoms with E-state index in [0.717, 1.165) is 11.1 Å². The predicted octanol–water partition coefficient (Wildman–Crippen LogP) is 1.00. The van der Waals surface area contributed by atoms with Crippen LogP contribution in [0, 0.1) is 13.8 Å². The summed E-state index contributed by atoms with van der Waals surface area (Å²) in [5.41, 5.74) is 7.17. The molecule has 10 heteroatoms. The van der Waals surface area contributed by atoms with E-state index < -0.39 is 21.0 Å². The standard InChI is InChI=1S/C20H18N4O5S/c1-12-4-3-5-16(13(12)2)22-24-19-18(25)11-10-17(20(19)26)23-21-14-6-8-15(9-7-14)30(27,28)29/h3-11,21-22H,1-2H3,(H,27,28,29). The summed E-state index contributed by atoms with van der Waals surface area (Å²) in [5, 5.41) is 7.58. The van der Waals surface area contributed by atoms with Gasteiger partial charge in [-0.25, -0.2) is 0 Å². The molecule has 0 amide bonds. The first kappa shape index (κ1) is 21.1. The van der Waals surface area contributed by atoms with Crippen LogP contribution in [0.3, 0.4) is 0 Å². The Morgan fingerprint density at radius 2 is 1.57 bits per heavy atom. The lowest BCUT2D eigenvalue weighted by Crippen LogP contribution is -2.48. The molecule has 3 aromatic rings. The third kappa shape index (κ3) is 4.67. The van der Waals surface area contributed by atoms with E-state index in [-0.39, 0.29) is 15.6 Å². The molecule has 3 N–H and O–H groups in total. The van der Waals surface area contributed by atoms with Crippen LogP contribution < -0.4 is 32.4 Å². The molecule has 0 aromatic heterocycles. The maximum Gasteiger partial charge on any atom is 0.294 e. The molecular formula is C20H18N4O5S. The molecule has 0 unspecified atom stereocenters. The first-order valence-electron chi connectivity index (χ1n) is 8.75. The average Bonchev–Trinajstić information content (AvgIpc) is 2.70. The van der Waals surface area contributed by atoms with Gasteiger partial charge in [-0.15, -0.1) is 0 Å². The van der Waals surface area contributed by atoms with E-state index in [1.54, 1.807) is 6.07 Å². The van der Waals surface area contributed by atoms with Gasteiger partial charge in [-0.2, -0.15) is 18.6 Å². The van der Waals surface area contributed by atoms with E-state index in [1.165, 1.54) is 36.4 Å². The zero-order valence-electron chi connectivity index (χ0n) is 16.1. The van der Waals surface area contributed by atoms with Crippen molar-refractivity contribution in [1.82, 2.24) is 0 Å². The van der Waals surface area contributed by atoms with E-state index in [4.69, 9.17) is 4.55 Å². The smallest absolute Gasteiger partial charge is 0.287 e. The second-order valence-electron chi connectivity index (χ2n) is 6.45. The Kier molecular flexibility index (Phi) is 5.90. The van der Waals surface area contributed by atoms with Crippen molar-refractivity contribution >= 4 is 21.5 Å². The van der Waals surface area contributed by atoms with Gasteiger partial charge in [0.2, 0.25) is 10.9 Å². The molecule has 154 valence electrons. The average molecular weight is 426 g/mol. The van der Waals surface area contributed by atoms with Crippen molar-refractivity contribution in [1.29, 1.82) is 0 Å². The lowest BCUT2D eigenvalue weighted by molar-refractivity contribution is 0.483. The third-order valence-electron chi connectivity index (χ3n) is 4.42. The highest BCUT2D eigenvalue weighted by molar-refractivity contribution is 7.85. The summed E-state index contributed by atoms with van der Waals surface area (Å²) in [6.45, 7) is 3.83. The third-order valence-corrected chi connectivity index (χ3v) is 5.29. The van der Waals surface area contributed by atoms with Crippen LogP contribution in [0.15, 0.2) is 79.3 Å². The molecule has 0 fully saturated rings. The van der Waals surface area contributed by atoms with Crippen molar-refractivity contribution in [3.8, 4) is 0 Å². The van der Waals surface area contributed by atoms with Gasteiger partial charge in [-0.3, -0.25) is 25.0 Å². The first-order valence-corrected chi connectivity index (χ1v) is 10.2. The molecular weight excluding hydrogens is 408 g/mol. The van der Waals surface area contributed by atoms with Gasteiger partial charge in [0, 0.05) is 0 Å². The normalized spacial score (nSPS) is 12.8. The van der Waals surface area contributed by atoms with E-state index in [1.807, 2.05) is 26.0 Å². The molecule has 0 aliphatic rings. The molecule has 3 rings (SSSR count). The Labute approximate surface area is 171 Å². The Hall–Kier alpha value is -3.63. The number of nitrogens with one attached hydrogen (secondary N) is 2. The number of anilines is 2. The fraction of sp³-hybridized carbons (Fsp3) is 0.100. The van der Waals surface area contributed by atoms with Gasteiger partial charge < -0.3 is 0 Å². The predicted molar refractivity (Wildman–Crippen MR) is 112 cm³/mol. The fourth-order valence-corrected chi connectivity index (χ4v) is 3.03. The van der Waals surface area contributed by atoms with Gasteiger partial charge in [0.1, 0.15) is 5.36 Å². The molecule has 0 bridgehead atoms. The minimum absolute atomic E-state index is 0.0463. The first-order chi connectivity index (χ1) is 14.2. The SMILES string of the molecule is Cc1cccc(NN=c2c(=O)ccc(=NNc3ccc(S(=O)(=O)O)cc3)c2=O)c1C. The number of benzene rings is 3. The second-order valence-corrected chi connectivity index (χ2v) is 7.88. The largest absolute Gasteiger partial charge is 0.294 e. The van der Waals surface area contributed by atoms with Crippen LogP contribution in [0.5, 0.6) is 0 Å². The van der Waals surface area contributed by atoms with Crippen LogP contribution in [-0.4, -0.2) is 13.0 Å². The number of nitrogens with zero attached hydrogens (tertiary/aromatic N) is 2. The summed E-state index contributed by atoms with van der Waals surface area (Å²) in [7, 11) is -4.30. The van der Waals surface area contributed by atoms with Crippen LogP contribution >= 0.6 is 0 Å². The van der Waals surface area contributed by atoms with Crippen LogP contribution in [0.25, 0.3) is 0 Å². The summed E-state index contributed by atoms with van der Waals surface area (Å²) < 4.78 is 31.1. The Balaban J connectivity index is 1.93. The van der Waals surface area contributed by atoms with Crippen LogP contribution in [0.2, 0.25) is 0 Å². The minimum Gasteiger partial charge on any atom is -0.287 e. The monoisotopic (exact) mass is 426 g/mol. The molecule has 0 saturated carbocycles. The Bertz CT molecular complexity index is 1420. The molecule has 0 aliphatic carbocycles. The van der Waals surface area contributed by atoms with Gasteiger partial charge in [-0.1, -0.05) is 12.1 Å². The molecule has 0 heterocycles. The minimum atomic E-state index is -4.30. The summed E-state index contributed by atoms with van der Waals surface area (Å²) >= 11 is 0. The van der Waals surface area contributed by atoms with E-state index in [2.05, 4.69) is 21.1 Å². The van der Waals surface area contributed by atoms with Crippen LogP contribution in [0.4, 0.5) is 11.4 Å². The van der Waals surface area contributed by atoms with E-state index in [9.17, 15) is 18.0 Å². The van der Waals surface area contributed by atoms with Gasteiger partial charge in [0.25, 0.3) is 10.1 Å². The van der Waals surface area contributed by atoms with Crippen molar-refractivity contribution < 1.29 is 13.0 Å². The van der Waals surface area contributed by atoms with Crippen LogP contribution in [0.1, 0.15) is 11.1 Å². The Morgan fingerprint density at radius 3 is 2.23 bits per heavy atom. The lowest BCUT2D eigenvalue weighted by atomic mass is 10.1. The lowest BCUT2D eigenvalue weighted by Gasteiger charge is -2.06. The van der Waals surface area contributed by atoms with Gasteiger partial charge in [-0.05, 0) is 67.4 Å². The van der Waals surface area contributed by atoms with Gasteiger partial charge in [0.05, 0.1) is 16.3 Å².